The van der Waals surface area contributed by atoms with Crippen LogP contribution in [0.4, 0.5) is 11.4 Å². The first kappa shape index (κ1) is 10.4. The molecule has 0 saturated carbocycles. The highest BCUT2D eigenvalue weighted by atomic mass is 15.2. The lowest BCUT2D eigenvalue weighted by Gasteiger charge is -2.37. The number of hydrogen-bond acceptors (Lipinski definition) is 1. The first-order valence-corrected chi connectivity index (χ1v) is 6.28. The molecule has 1 unspecified atom stereocenters. The van der Waals surface area contributed by atoms with E-state index in [4.69, 9.17) is 0 Å². The Kier molecular flexibility index (Phi) is 2.60. The molecule has 1 heteroatoms. The molecule has 3 rings (SSSR count). The summed E-state index contributed by atoms with van der Waals surface area (Å²) in [5, 5.41) is 0. The van der Waals surface area contributed by atoms with Gasteiger partial charge in [0, 0.05) is 17.4 Å². The quantitative estimate of drug-likeness (QED) is 0.701. The molecule has 0 saturated heterocycles. The van der Waals surface area contributed by atoms with E-state index < -0.39 is 0 Å². The van der Waals surface area contributed by atoms with Crippen LogP contribution in [0.3, 0.4) is 0 Å². The molecule has 0 radical (unpaired) electrons. The Morgan fingerprint density at radius 2 is 1.65 bits per heavy atom. The van der Waals surface area contributed by atoms with Crippen LogP contribution in [0.1, 0.15) is 18.9 Å². The average Bonchev–Trinajstić information content (AvgIpc) is 2.39. The molecule has 0 aromatic heterocycles. The smallest absolute Gasteiger partial charge is 0.0445 e. The Hall–Kier alpha value is -1.76. The van der Waals surface area contributed by atoms with Gasteiger partial charge in [0.2, 0.25) is 0 Å². The molecule has 0 amide bonds. The van der Waals surface area contributed by atoms with E-state index >= 15 is 0 Å². The fourth-order valence-corrected chi connectivity index (χ4v) is 2.67. The van der Waals surface area contributed by atoms with Crippen LogP contribution in [0, 0.1) is 0 Å². The van der Waals surface area contributed by atoms with E-state index in [1.54, 1.807) is 0 Å². The lowest BCUT2D eigenvalue weighted by Crippen LogP contribution is -2.33. The summed E-state index contributed by atoms with van der Waals surface area (Å²) in [6.07, 6.45) is 2.42. The fourth-order valence-electron chi connectivity index (χ4n) is 2.67. The highest BCUT2D eigenvalue weighted by molar-refractivity contribution is 5.68. The van der Waals surface area contributed by atoms with Gasteiger partial charge >= 0.3 is 0 Å². The Morgan fingerprint density at radius 3 is 2.47 bits per heavy atom. The normalized spacial score (nSPS) is 18.9. The Labute approximate surface area is 103 Å². The largest absolute Gasteiger partial charge is 0.338 e. The van der Waals surface area contributed by atoms with E-state index in [0.717, 1.165) is 0 Å². The van der Waals surface area contributed by atoms with Crippen LogP contribution < -0.4 is 4.90 Å². The molecule has 0 fully saturated rings. The zero-order valence-corrected chi connectivity index (χ0v) is 10.1. The van der Waals surface area contributed by atoms with Gasteiger partial charge in [-0.25, -0.2) is 0 Å². The van der Waals surface area contributed by atoms with Gasteiger partial charge in [0.05, 0.1) is 0 Å². The SMILES string of the molecule is CC1CCc2ccccc2N1c1ccccc1. The summed E-state index contributed by atoms with van der Waals surface area (Å²) >= 11 is 0. The van der Waals surface area contributed by atoms with Crippen LogP contribution in [-0.4, -0.2) is 6.04 Å². The lowest BCUT2D eigenvalue weighted by molar-refractivity contribution is 0.618. The Bertz CT molecular complexity index is 504. The predicted octanol–water partition coefficient (Wildman–Crippen LogP) is 4.16. The predicted molar refractivity (Wildman–Crippen MR) is 72.8 cm³/mol. The molecule has 0 aliphatic carbocycles. The summed E-state index contributed by atoms with van der Waals surface area (Å²) in [5.41, 5.74) is 4.14. The average molecular weight is 223 g/mol. The van der Waals surface area contributed by atoms with E-state index in [1.807, 2.05) is 0 Å². The van der Waals surface area contributed by atoms with Gasteiger partial charge in [0.1, 0.15) is 0 Å². The van der Waals surface area contributed by atoms with E-state index in [1.165, 1.54) is 29.8 Å². The zero-order valence-electron chi connectivity index (χ0n) is 10.1. The monoisotopic (exact) mass is 223 g/mol. The molecular formula is C16H17N. The van der Waals surface area contributed by atoms with E-state index in [-0.39, 0.29) is 0 Å². The molecule has 17 heavy (non-hydrogen) atoms. The third kappa shape index (κ3) is 1.82. The molecule has 2 aromatic rings. The van der Waals surface area contributed by atoms with Crippen molar-refractivity contribution < 1.29 is 0 Å². The third-order valence-electron chi connectivity index (χ3n) is 3.56. The first-order chi connectivity index (χ1) is 8.36. The van der Waals surface area contributed by atoms with Crippen LogP contribution in [0.5, 0.6) is 0 Å². The van der Waals surface area contributed by atoms with Gasteiger partial charge in [-0.15, -0.1) is 0 Å². The van der Waals surface area contributed by atoms with Crippen LogP contribution in [0.2, 0.25) is 0 Å². The number of hydrogen-bond donors (Lipinski definition) is 0. The second-order valence-corrected chi connectivity index (χ2v) is 4.72. The van der Waals surface area contributed by atoms with Crippen molar-refractivity contribution in [3.63, 3.8) is 0 Å². The van der Waals surface area contributed by atoms with Crippen LogP contribution >= 0.6 is 0 Å². The van der Waals surface area contributed by atoms with Gasteiger partial charge in [0.15, 0.2) is 0 Å². The van der Waals surface area contributed by atoms with Crippen molar-refractivity contribution in [3.8, 4) is 0 Å². The molecule has 1 aliphatic rings. The van der Waals surface area contributed by atoms with Crippen molar-refractivity contribution in [3.05, 3.63) is 60.2 Å². The van der Waals surface area contributed by atoms with E-state index in [9.17, 15) is 0 Å². The minimum absolute atomic E-state index is 0.576. The standard InChI is InChI=1S/C16H17N/c1-13-11-12-14-7-5-6-10-16(14)17(13)15-8-3-2-4-9-15/h2-10,13H,11-12H2,1H3. The van der Waals surface area contributed by atoms with Crippen molar-refractivity contribution >= 4 is 11.4 Å². The molecule has 1 nitrogen and oxygen atoms in total. The summed E-state index contributed by atoms with van der Waals surface area (Å²) in [6, 6.07) is 20.0. The summed E-state index contributed by atoms with van der Waals surface area (Å²) < 4.78 is 0. The van der Waals surface area contributed by atoms with Crippen LogP contribution in [0.25, 0.3) is 0 Å². The molecule has 1 atom stereocenters. The van der Waals surface area contributed by atoms with Crippen molar-refractivity contribution in [2.75, 3.05) is 4.90 Å². The van der Waals surface area contributed by atoms with Gasteiger partial charge < -0.3 is 4.90 Å². The summed E-state index contributed by atoms with van der Waals surface area (Å²) in [4.78, 5) is 2.46. The molecule has 0 spiro atoms. The number of benzene rings is 2. The summed E-state index contributed by atoms with van der Waals surface area (Å²) in [7, 11) is 0. The lowest BCUT2D eigenvalue weighted by atomic mass is 9.96. The molecule has 0 N–H and O–H groups in total. The minimum atomic E-state index is 0.576. The van der Waals surface area contributed by atoms with Crippen molar-refractivity contribution in [1.29, 1.82) is 0 Å². The fraction of sp³-hybridized carbons (Fsp3) is 0.250. The number of nitrogens with zero attached hydrogens (tertiary/aromatic N) is 1. The molecular weight excluding hydrogens is 206 g/mol. The second-order valence-electron chi connectivity index (χ2n) is 4.72. The molecule has 86 valence electrons. The Morgan fingerprint density at radius 1 is 0.941 bits per heavy atom. The zero-order chi connectivity index (χ0) is 11.7. The van der Waals surface area contributed by atoms with Gasteiger partial charge in [-0.05, 0) is 43.5 Å². The summed E-state index contributed by atoms with van der Waals surface area (Å²) in [6.45, 7) is 2.31. The van der Waals surface area contributed by atoms with Gasteiger partial charge in [-0.2, -0.15) is 0 Å². The summed E-state index contributed by atoms with van der Waals surface area (Å²) in [5.74, 6) is 0. The van der Waals surface area contributed by atoms with Crippen molar-refractivity contribution in [1.82, 2.24) is 0 Å². The molecule has 1 aliphatic heterocycles. The number of aryl methyl sites for hydroxylation is 1. The van der Waals surface area contributed by atoms with Crippen molar-refractivity contribution in [2.24, 2.45) is 0 Å². The first-order valence-electron chi connectivity index (χ1n) is 6.28. The van der Waals surface area contributed by atoms with Gasteiger partial charge in [0.25, 0.3) is 0 Å². The second kappa shape index (κ2) is 4.25. The number of anilines is 2. The maximum atomic E-state index is 2.46. The van der Waals surface area contributed by atoms with Gasteiger partial charge in [-0.3, -0.25) is 0 Å². The molecule has 2 aromatic carbocycles. The molecule has 0 bridgehead atoms. The number of rotatable bonds is 1. The number of fused-ring (bicyclic) bond motifs is 1. The molecule has 1 heterocycles. The maximum absolute atomic E-state index is 2.46. The Balaban J connectivity index is 2.10. The topological polar surface area (TPSA) is 3.24 Å². The third-order valence-corrected chi connectivity index (χ3v) is 3.56. The highest BCUT2D eigenvalue weighted by Crippen LogP contribution is 2.36. The minimum Gasteiger partial charge on any atom is -0.338 e. The highest BCUT2D eigenvalue weighted by Gasteiger charge is 2.23. The van der Waals surface area contributed by atoms with Crippen molar-refractivity contribution in [2.45, 2.75) is 25.8 Å². The van der Waals surface area contributed by atoms with Gasteiger partial charge in [-0.1, -0.05) is 36.4 Å². The van der Waals surface area contributed by atoms with Crippen LogP contribution in [0.15, 0.2) is 54.6 Å². The van der Waals surface area contributed by atoms with Crippen LogP contribution in [-0.2, 0) is 6.42 Å². The van der Waals surface area contributed by atoms with E-state index in [0.29, 0.717) is 6.04 Å². The maximum Gasteiger partial charge on any atom is 0.0445 e. The number of para-hydroxylation sites is 2. The van der Waals surface area contributed by atoms with E-state index in [2.05, 4.69) is 66.4 Å².